The van der Waals surface area contributed by atoms with E-state index >= 15 is 0 Å². The van der Waals surface area contributed by atoms with Crippen molar-refractivity contribution >= 4 is 18.0 Å². The Labute approximate surface area is 162 Å². The second-order valence-corrected chi connectivity index (χ2v) is 7.97. The molecule has 0 spiro atoms. The molecule has 0 aromatic heterocycles. The summed E-state index contributed by atoms with van der Waals surface area (Å²) in [4.78, 5) is 23.4. The third-order valence-electron chi connectivity index (χ3n) is 3.72. The Hall–Kier alpha value is -2.18. The quantitative estimate of drug-likeness (QED) is 0.267. The van der Waals surface area contributed by atoms with Gasteiger partial charge >= 0.3 is 5.97 Å². The van der Waals surface area contributed by atoms with Crippen molar-refractivity contribution in [2.24, 2.45) is 5.92 Å². The Morgan fingerprint density at radius 3 is 2.33 bits per heavy atom. The van der Waals surface area contributed by atoms with Gasteiger partial charge in [0.05, 0.1) is 0 Å². The van der Waals surface area contributed by atoms with E-state index in [1.54, 1.807) is 11.6 Å². The van der Waals surface area contributed by atoms with E-state index in [2.05, 4.69) is 19.2 Å². The number of rotatable bonds is 9. The lowest BCUT2D eigenvalue weighted by Gasteiger charge is -2.25. The van der Waals surface area contributed by atoms with E-state index in [0.717, 1.165) is 24.0 Å². The van der Waals surface area contributed by atoms with E-state index in [0.29, 0.717) is 12.5 Å². The fourth-order valence-electron chi connectivity index (χ4n) is 2.50. The molecule has 6 nitrogen and oxygen atoms in total. The van der Waals surface area contributed by atoms with E-state index in [1.807, 2.05) is 45.0 Å². The number of carbonyl (C=O) groups is 2. The Bertz CT molecular complexity index is 631. The summed E-state index contributed by atoms with van der Waals surface area (Å²) in [7, 11) is 0. The first-order valence-electron chi connectivity index (χ1n) is 9.28. The molecule has 27 heavy (non-hydrogen) atoms. The average Bonchev–Trinajstić information content (AvgIpc) is 2.58. The molecule has 1 amide bonds. The molecular formula is C21H32N2O4. The topological polar surface area (TPSA) is 87.7 Å². The number of hydrogen-bond donors (Lipinski definition) is 3. The van der Waals surface area contributed by atoms with Gasteiger partial charge in [0.25, 0.3) is 5.91 Å². The normalized spacial score (nSPS) is 13.0. The highest BCUT2D eigenvalue weighted by atomic mass is 16.6. The average molecular weight is 376 g/mol. The van der Waals surface area contributed by atoms with Crippen molar-refractivity contribution in [1.29, 1.82) is 0 Å². The number of nitrogens with one attached hydrogen (secondary N) is 2. The maximum absolute atomic E-state index is 12.4. The van der Waals surface area contributed by atoms with E-state index < -0.39 is 11.5 Å². The van der Waals surface area contributed by atoms with Gasteiger partial charge in [0.2, 0.25) is 0 Å². The van der Waals surface area contributed by atoms with Gasteiger partial charge < -0.3 is 10.1 Å². The minimum absolute atomic E-state index is 0.209. The van der Waals surface area contributed by atoms with Crippen LogP contribution in [0.3, 0.4) is 0 Å². The summed E-state index contributed by atoms with van der Waals surface area (Å²) in [6.45, 7) is 10.5. The van der Waals surface area contributed by atoms with Crippen LogP contribution in [-0.2, 0) is 20.7 Å². The number of hydroxylamine groups is 1. The molecule has 0 fully saturated rings. The Morgan fingerprint density at radius 1 is 1.19 bits per heavy atom. The van der Waals surface area contributed by atoms with Crippen molar-refractivity contribution in [3.05, 3.63) is 41.5 Å². The summed E-state index contributed by atoms with van der Waals surface area (Å²) in [5, 5.41) is 11.8. The van der Waals surface area contributed by atoms with Crippen molar-refractivity contribution < 1.29 is 19.5 Å². The molecule has 1 aromatic carbocycles. The fourth-order valence-corrected chi connectivity index (χ4v) is 2.50. The summed E-state index contributed by atoms with van der Waals surface area (Å²) in [6, 6.07) is 7.43. The molecule has 0 aliphatic rings. The highest BCUT2D eigenvalue weighted by Crippen LogP contribution is 2.13. The van der Waals surface area contributed by atoms with Crippen LogP contribution in [-0.4, -0.2) is 35.3 Å². The number of ether oxygens (including phenoxy) is 1. The molecule has 1 atom stereocenters. The Morgan fingerprint density at radius 2 is 1.81 bits per heavy atom. The van der Waals surface area contributed by atoms with Crippen molar-refractivity contribution in [2.75, 3.05) is 6.54 Å². The lowest BCUT2D eigenvalue weighted by atomic mass is 10.0. The van der Waals surface area contributed by atoms with E-state index in [-0.39, 0.29) is 12.0 Å². The van der Waals surface area contributed by atoms with Crippen LogP contribution in [0.4, 0.5) is 0 Å². The largest absolute Gasteiger partial charge is 0.459 e. The lowest BCUT2D eigenvalue weighted by Crippen LogP contribution is -2.42. The fraction of sp³-hybridized carbons (Fsp3) is 0.524. The molecule has 0 heterocycles. The maximum atomic E-state index is 12.4. The minimum atomic E-state index is -0.568. The van der Waals surface area contributed by atoms with Crippen molar-refractivity contribution in [3.8, 4) is 0 Å². The van der Waals surface area contributed by atoms with Crippen LogP contribution in [0.5, 0.6) is 0 Å². The van der Waals surface area contributed by atoms with Crippen LogP contribution >= 0.6 is 0 Å². The first-order valence-corrected chi connectivity index (χ1v) is 9.28. The lowest BCUT2D eigenvalue weighted by molar-refractivity contribution is -0.158. The van der Waals surface area contributed by atoms with Gasteiger partial charge in [-0.1, -0.05) is 38.1 Å². The minimum Gasteiger partial charge on any atom is -0.459 e. The second-order valence-electron chi connectivity index (χ2n) is 7.97. The molecule has 1 aromatic rings. The van der Waals surface area contributed by atoms with Gasteiger partial charge in [-0.3, -0.25) is 14.8 Å². The molecule has 3 N–H and O–H groups in total. The molecule has 0 saturated heterocycles. The second kappa shape index (κ2) is 10.8. The summed E-state index contributed by atoms with van der Waals surface area (Å²) in [6.07, 6.45) is 4.38. The van der Waals surface area contributed by atoms with E-state index in [1.165, 1.54) is 6.08 Å². The van der Waals surface area contributed by atoms with Gasteiger partial charge in [0, 0.05) is 6.08 Å². The predicted octanol–water partition coefficient (Wildman–Crippen LogP) is 3.09. The highest BCUT2D eigenvalue weighted by Gasteiger charge is 2.25. The van der Waals surface area contributed by atoms with E-state index in [4.69, 9.17) is 9.94 Å². The summed E-state index contributed by atoms with van der Waals surface area (Å²) in [5.74, 6) is -0.391. The molecule has 6 heteroatoms. The van der Waals surface area contributed by atoms with Crippen LogP contribution < -0.4 is 10.8 Å². The van der Waals surface area contributed by atoms with Crippen LogP contribution in [0.15, 0.2) is 30.3 Å². The summed E-state index contributed by atoms with van der Waals surface area (Å²) >= 11 is 0. The SMILES string of the molecule is CC(C)C[C@@H](NCCc1ccc(/C=C/C(=O)NO)cc1)C(=O)OC(C)(C)C. The van der Waals surface area contributed by atoms with Gasteiger partial charge in [-0.25, -0.2) is 5.48 Å². The standard InChI is InChI=1S/C21H32N2O4/c1-15(2)14-18(20(25)27-21(3,4)5)22-13-12-17-8-6-16(7-9-17)10-11-19(24)23-26/h6-11,15,18,22,26H,12-14H2,1-5H3,(H,23,24)/b11-10+/t18-/m1/s1. The maximum Gasteiger partial charge on any atom is 0.323 e. The molecular weight excluding hydrogens is 344 g/mol. The first kappa shape index (κ1) is 22.9. The van der Waals surface area contributed by atoms with Crippen molar-refractivity contribution in [1.82, 2.24) is 10.8 Å². The zero-order valence-corrected chi connectivity index (χ0v) is 16.9. The van der Waals surface area contributed by atoms with Crippen LogP contribution in [0, 0.1) is 5.92 Å². The third kappa shape index (κ3) is 9.92. The predicted molar refractivity (Wildman–Crippen MR) is 106 cm³/mol. The highest BCUT2D eigenvalue weighted by molar-refractivity contribution is 5.90. The number of amides is 1. The van der Waals surface area contributed by atoms with Gasteiger partial charge in [0.1, 0.15) is 11.6 Å². The summed E-state index contributed by atoms with van der Waals surface area (Å²) < 4.78 is 5.52. The summed E-state index contributed by atoms with van der Waals surface area (Å²) in [5.41, 5.74) is 3.04. The molecule has 0 saturated carbocycles. The van der Waals surface area contributed by atoms with Crippen LogP contribution in [0.25, 0.3) is 6.08 Å². The number of hydrogen-bond acceptors (Lipinski definition) is 5. The number of esters is 1. The first-order chi connectivity index (χ1) is 12.6. The van der Waals surface area contributed by atoms with Gasteiger partial charge in [-0.05, 0) is 63.3 Å². The molecule has 0 bridgehead atoms. The van der Waals surface area contributed by atoms with Crippen molar-refractivity contribution in [2.45, 2.75) is 59.1 Å². The zero-order chi connectivity index (χ0) is 20.4. The third-order valence-corrected chi connectivity index (χ3v) is 3.72. The molecule has 0 aliphatic carbocycles. The molecule has 1 rings (SSSR count). The number of carbonyl (C=O) groups excluding carboxylic acids is 2. The van der Waals surface area contributed by atoms with Crippen LogP contribution in [0.2, 0.25) is 0 Å². The smallest absolute Gasteiger partial charge is 0.323 e. The van der Waals surface area contributed by atoms with Gasteiger partial charge in [-0.15, -0.1) is 0 Å². The zero-order valence-electron chi connectivity index (χ0n) is 16.9. The van der Waals surface area contributed by atoms with E-state index in [9.17, 15) is 9.59 Å². The Balaban J connectivity index is 2.58. The molecule has 0 aliphatic heterocycles. The molecule has 0 radical (unpaired) electrons. The van der Waals surface area contributed by atoms with Gasteiger partial charge in [-0.2, -0.15) is 0 Å². The molecule has 150 valence electrons. The molecule has 0 unspecified atom stereocenters. The van der Waals surface area contributed by atoms with Gasteiger partial charge in [0.15, 0.2) is 0 Å². The Kier molecular flexibility index (Phi) is 9.18. The van der Waals surface area contributed by atoms with Crippen molar-refractivity contribution in [3.63, 3.8) is 0 Å². The monoisotopic (exact) mass is 376 g/mol. The number of benzene rings is 1. The van der Waals surface area contributed by atoms with Crippen LogP contribution in [0.1, 0.15) is 52.2 Å².